The Morgan fingerprint density at radius 1 is 1.37 bits per heavy atom. The fourth-order valence-corrected chi connectivity index (χ4v) is 4.28. The largest absolute Gasteiger partial charge is 0.496 e. The summed E-state index contributed by atoms with van der Waals surface area (Å²) in [5.74, 6) is -0.438. The normalized spacial score (nSPS) is 15.7. The molecule has 0 saturated carbocycles. The molecule has 148 valence electrons. The van der Waals surface area contributed by atoms with Crippen molar-refractivity contribution in [3.63, 3.8) is 0 Å². The van der Waals surface area contributed by atoms with Crippen LogP contribution in [0.3, 0.4) is 0 Å². The van der Waals surface area contributed by atoms with Gasteiger partial charge in [0.2, 0.25) is 7.37 Å². The summed E-state index contributed by atoms with van der Waals surface area (Å²) in [6.07, 6.45) is -0.00551. The summed E-state index contributed by atoms with van der Waals surface area (Å²) >= 11 is 0. The Kier molecular flexibility index (Phi) is 7.21. The van der Waals surface area contributed by atoms with Crippen molar-refractivity contribution in [3.8, 4) is 5.75 Å². The zero-order valence-corrected chi connectivity index (χ0v) is 16.1. The van der Waals surface area contributed by atoms with Crippen molar-refractivity contribution in [3.05, 3.63) is 53.5 Å². The number of benzene rings is 1. The second-order valence-electron chi connectivity index (χ2n) is 6.31. The molecule has 9 heteroatoms. The van der Waals surface area contributed by atoms with Gasteiger partial charge in [-0.2, -0.15) is 0 Å². The lowest BCUT2D eigenvalue weighted by molar-refractivity contribution is 0.0693. The van der Waals surface area contributed by atoms with Gasteiger partial charge in [0.25, 0.3) is 0 Å². The van der Waals surface area contributed by atoms with Gasteiger partial charge in [0.15, 0.2) is 0 Å². The number of carboxylic acid groups (broad SMARTS) is 1. The number of hydrogen-bond donors (Lipinski definition) is 4. The maximum absolute atomic E-state index is 12.2. The molecular formula is C18H24NO7P. The van der Waals surface area contributed by atoms with Crippen molar-refractivity contribution in [2.45, 2.75) is 25.2 Å². The van der Waals surface area contributed by atoms with Gasteiger partial charge in [-0.1, -0.05) is 6.07 Å². The molecule has 0 amide bonds. The number of nitrogens with one attached hydrogen (secondary N) is 1. The highest BCUT2D eigenvalue weighted by Crippen LogP contribution is 2.45. The van der Waals surface area contributed by atoms with E-state index in [1.807, 2.05) is 6.92 Å². The van der Waals surface area contributed by atoms with E-state index >= 15 is 0 Å². The number of methoxy groups -OCH3 is 1. The van der Waals surface area contributed by atoms with Gasteiger partial charge in [-0.3, -0.25) is 4.57 Å². The number of carboxylic acids is 1. The summed E-state index contributed by atoms with van der Waals surface area (Å²) in [7, 11) is -2.18. The second kappa shape index (κ2) is 9.19. The molecule has 0 fully saturated rings. The Bertz CT molecular complexity index is 806. The van der Waals surface area contributed by atoms with Crippen LogP contribution in [0.25, 0.3) is 0 Å². The van der Waals surface area contributed by atoms with Crippen LogP contribution in [0.4, 0.5) is 0 Å². The van der Waals surface area contributed by atoms with Crippen LogP contribution in [0.5, 0.6) is 5.75 Å². The van der Waals surface area contributed by atoms with Gasteiger partial charge >= 0.3 is 5.97 Å². The SMILES string of the molecule is COc1ccc(C(C)NC[C@@H](O)CP(=O)(O)Cc2ccco2)cc1C(=O)O. The minimum atomic E-state index is -3.58. The molecule has 0 aliphatic rings. The molecule has 8 nitrogen and oxygen atoms in total. The van der Waals surface area contributed by atoms with Gasteiger partial charge < -0.3 is 29.6 Å². The van der Waals surface area contributed by atoms with Gasteiger partial charge in [0.05, 0.1) is 31.8 Å². The van der Waals surface area contributed by atoms with E-state index in [4.69, 9.17) is 9.15 Å². The van der Waals surface area contributed by atoms with Crippen molar-refractivity contribution in [1.82, 2.24) is 5.32 Å². The molecule has 2 unspecified atom stereocenters. The number of aliphatic hydroxyl groups excluding tert-OH is 1. The molecule has 0 spiro atoms. The molecule has 0 saturated heterocycles. The molecule has 27 heavy (non-hydrogen) atoms. The number of aliphatic hydroxyl groups is 1. The zero-order valence-electron chi connectivity index (χ0n) is 15.2. The zero-order chi connectivity index (χ0) is 20.0. The predicted octanol–water partition coefficient (Wildman–Crippen LogP) is 2.47. The first-order valence-electron chi connectivity index (χ1n) is 8.37. The Morgan fingerprint density at radius 3 is 2.70 bits per heavy atom. The summed E-state index contributed by atoms with van der Waals surface area (Å²) in [6, 6.07) is 7.77. The van der Waals surface area contributed by atoms with Crippen molar-refractivity contribution in [2.75, 3.05) is 19.8 Å². The van der Waals surface area contributed by atoms with Crippen LogP contribution in [0, 0.1) is 0 Å². The van der Waals surface area contributed by atoms with Gasteiger partial charge in [-0.15, -0.1) is 0 Å². The number of hydrogen-bond acceptors (Lipinski definition) is 6. The van der Waals surface area contributed by atoms with Crippen LogP contribution < -0.4 is 10.1 Å². The fraction of sp³-hybridized carbons (Fsp3) is 0.389. The third kappa shape index (κ3) is 6.22. The van der Waals surface area contributed by atoms with E-state index in [0.29, 0.717) is 11.3 Å². The average Bonchev–Trinajstić information content (AvgIpc) is 3.10. The van der Waals surface area contributed by atoms with Gasteiger partial charge in [-0.05, 0) is 36.8 Å². The van der Waals surface area contributed by atoms with Gasteiger partial charge in [0, 0.05) is 12.6 Å². The lowest BCUT2D eigenvalue weighted by Gasteiger charge is -2.20. The average molecular weight is 397 g/mol. The molecule has 0 bridgehead atoms. The smallest absolute Gasteiger partial charge is 0.339 e. The maximum Gasteiger partial charge on any atom is 0.339 e. The van der Waals surface area contributed by atoms with E-state index < -0.39 is 19.4 Å². The van der Waals surface area contributed by atoms with Crippen molar-refractivity contribution in [2.24, 2.45) is 0 Å². The van der Waals surface area contributed by atoms with Crippen LogP contribution >= 0.6 is 7.37 Å². The summed E-state index contributed by atoms with van der Waals surface area (Å²) in [4.78, 5) is 21.3. The molecular weight excluding hydrogens is 373 g/mol. The first kappa shape index (κ1) is 21.2. The van der Waals surface area contributed by atoms with Crippen molar-refractivity contribution < 1.29 is 33.6 Å². The van der Waals surface area contributed by atoms with Crippen LogP contribution in [0.1, 0.15) is 34.6 Å². The molecule has 0 radical (unpaired) electrons. The van der Waals surface area contributed by atoms with Crippen molar-refractivity contribution in [1.29, 1.82) is 0 Å². The van der Waals surface area contributed by atoms with E-state index in [-0.39, 0.29) is 36.2 Å². The highest BCUT2D eigenvalue weighted by molar-refractivity contribution is 7.57. The Labute approximate surface area is 157 Å². The van der Waals surface area contributed by atoms with E-state index in [0.717, 1.165) is 0 Å². The number of carbonyl (C=O) groups is 1. The van der Waals surface area contributed by atoms with Crippen LogP contribution in [0.15, 0.2) is 41.0 Å². The van der Waals surface area contributed by atoms with Gasteiger partial charge in [-0.25, -0.2) is 4.79 Å². The number of aromatic carboxylic acids is 1. The minimum Gasteiger partial charge on any atom is -0.496 e. The molecule has 0 aliphatic heterocycles. The molecule has 1 aromatic heterocycles. The van der Waals surface area contributed by atoms with Crippen LogP contribution in [-0.2, 0) is 10.7 Å². The van der Waals surface area contributed by atoms with Gasteiger partial charge in [0.1, 0.15) is 17.1 Å². The summed E-state index contributed by atoms with van der Waals surface area (Å²) in [6.45, 7) is 1.89. The summed E-state index contributed by atoms with van der Waals surface area (Å²) in [5.41, 5.74) is 0.741. The van der Waals surface area contributed by atoms with Crippen molar-refractivity contribution >= 4 is 13.3 Å². The van der Waals surface area contributed by atoms with E-state index in [9.17, 15) is 24.5 Å². The Balaban J connectivity index is 1.92. The highest BCUT2D eigenvalue weighted by Gasteiger charge is 2.25. The maximum atomic E-state index is 12.2. The molecule has 1 aromatic carbocycles. The number of ether oxygens (including phenoxy) is 1. The monoisotopic (exact) mass is 397 g/mol. The summed E-state index contributed by atoms with van der Waals surface area (Å²) < 4.78 is 22.3. The van der Waals surface area contributed by atoms with E-state index in [1.54, 1.807) is 24.3 Å². The third-order valence-corrected chi connectivity index (χ3v) is 5.89. The number of rotatable bonds is 10. The third-order valence-electron chi connectivity index (χ3n) is 4.09. The van der Waals surface area contributed by atoms with E-state index in [2.05, 4.69) is 5.32 Å². The Hall–Kier alpha value is -2.12. The fourth-order valence-electron chi connectivity index (χ4n) is 2.70. The molecule has 0 aliphatic carbocycles. The highest BCUT2D eigenvalue weighted by atomic mass is 31.2. The molecule has 2 rings (SSSR count). The topological polar surface area (TPSA) is 129 Å². The van der Waals surface area contributed by atoms with Crippen LogP contribution in [-0.4, -0.2) is 47.0 Å². The molecule has 2 aromatic rings. The first-order valence-corrected chi connectivity index (χ1v) is 10.4. The number of furan rings is 1. The summed E-state index contributed by atoms with van der Waals surface area (Å²) in [5, 5.41) is 22.4. The first-order chi connectivity index (χ1) is 12.7. The predicted molar refractivity (Wildman–Crippen MR) is 99.5 cm³/mol. The molecule has 4 N–H and O–H groups in total. The minimum absolute atomic E-state index is 0.0440. The van der Waals surface area contributed by atoms with E-state index in [1.165, 1.54) is 19.4 Å². The Morgan fingerprint density at radius 2 is 2.11 bits per heavy atom. The molecule has 1 heterocycles. The lowest BCUT2D eigenvalue weighted by Crippen LogP contribution is -2.31. The quantitative estimate of drug-likeness (QED) is 0.450. The lowest BCUT2D eigenvalue weighted by atomic mass is 10.0. The second-order valence-corrected chi connectivity index (χ2v) is 8.69. The van der Waals surface area contributed by atoms with Crippen LogP contribution in [0.2, 0.25) is 0 Å². The molecule has 3 atom stereocenters. The standard InChI is InChI=1S/C18H24NO7P/c1-12(13-5-6-17(25-2)16(8-13)18(21)22)19-9-14(20)10-27(23,24)11-15-4-3-7-26-15/h3-8,12,14,19-20H,9-11H2,1-2H3,(H,21,22)(H,23,24)/t12?,14-/m1/s1.